The van der Waals surface area contributed by atoms with Gasteiger partial charge in [-0.15, -0.1) is 0 Å². The molecule has 0 bridgehead atoms. The number of carbonyl (C=O) groups excluding carboxylic acids is 2. The summed E-state index contributed by atoms with van der Waals surface area (Å²) in [5.74, 6) is 0.924. The molecule has 1 atom stereocenters. The third kappa shape index (κ3) is 8.14. The van der Waals surface area contributed by atoms with Crippen molar-refractivity contribution in [3.05, 3.63) is 83.4 Å². The summed E-state index contributed by atoms with van der Waals surface area (Å²) in [6.07, 6.45) is 18.6. The minimum atomic E-state index is 0.255. The summed E-state index contributed by atoms with van der Waals surface area (Å²) in [6, 6.07) is 20.6. The molecule has 4 fully saturated rings. The second-order valence-electron chi connectivity index (χ2n) is 14.2. The van der Waals surface area contributed by atoms with Crippen LogP contribution in [0.5, 0.6) is 0 Å². The second kappa shape index (κ2) is 14.1. The number of benzene rings is 2. The Morgan fingerprint density at radius 3 is 1.86 bits per heavy atom. The minimum absolute atomic E-state index is 0.255. The van der Waals surface area contributed by atoms with Crippen LogP contribution in [0.25, 0.3) is 0 Å². The number of allylic oxidation sites excluding steroid dienone is 1. The predicted octanol–water partition coefficient (Wildman–Crippen LogP) is 8.71. The smallest absolute Gasteiger partial charge is 0.249 e. The molecule has 42 heavy (non-hydrogen) atoms. The van der Waals surface area contributed by atoms with Gasteiger partial charge in [-0.2, -0.15) is 0 Å². The summed E-state index contributed by atoms with van der Waals surface area (Å²) in [7, 11) is 0. The van der Waals surface area contributed by atoms with Gasteiger partial charge in [-0.05, 0) is 66.9 Å². The van der Waals surface area contributed by atoms with Gasteiger partial charge in [0.05, 0.1) is 0 Å². The molecule has 4 heteroatoms. The Bertz CT molecular complexity index is 1190. The van der Waals surface area contributed by atoms with Crippen molar-refractivity contribution >= 4 is 11.8 Å². The Hall–Kier alpha value is -2.88. The molecule has 6 rings (SSSR count). The van der Waals surface area contributed by atoms with Crippen LogP contribution in [0.2, 0.25) is 0 Å². The lowest BCUT2D eigenvalue weighted by Crippen LogP contribution is -2.30. The summed E-state index contributed by atoms with van der Waals surface area (Å²) in [6.45, 7) is 8.07. The third-order valence-corrected chi connectivity index (χ3v) is 10.4. The molecule has 2 aromatic carbocycles. The highest BCUT2D eigenvalue weighted by molar-refractivity contribution is 5.95. The summed E-state index contributed by atoms with van der Waals surface area (Å²) in [4.78, 5) is 29.3. The fourth-order valence-electron chi connectivity index (χ4n) is 7.84. The molecule has 0 aromatic heterocycles. The Balaban J connectivity index is 0.000000168. The predicted molar refractivity (Wildman–Crippen MR) is 172 cm³/mol. The zero-order chi connectivity index (χ0) is 29.4. The first-order valence-electron chi connectivity index (χ1n) is 16.7. The lowest BCUT2D eigenvalue weighted by molar-refractivity contribution is -0.132. The van der Waals surface area contributed by atoms with Gasteiger partial charge in [-0.1, -0.05) is 119 Å². The van der Waals surface area contributed by atoms with Gasteiger partial charge in [0.1, 0.15) is 0 Å². The fraction of sp³-hybridized carbons (Fsp3) is 0.579. The van der Waals surface area contributed by atoms with E-state index in [-0.39, 0.29) is 17.2 Å². The van der Waals surface area contributed by atoms with Crippen LogP contribution >= 0.6 is 0 Å². The SMILES string of the molecule is CC1(C=C2CCN(Cc3ccccc3)C2=O)CCCCC1.CC1(CC2CCN(Cc3ccccc3)C2=O)CCCCC1. The van der Waals surface area contributed by atoms with Crippen LogP contribution in [-0.2, 0) is 22.7 Å². The minimum Gasteiger partial charge on any atom is -0.338 e. The highest BCUT2D eigenvalue weighted by Crippen LogP contribution is 2.43. The molecular weight excluding hydrogens is 516 g/mol. The number of likely N-dealkylation sites (tertiary alicyclic amines) is 2. The largest absolute Gasteiger partial charge is 0.338 e. The average Bonchev–Trinajstić information content (AvgIpc) is 3.51. The van der Waals surface area contributed by atoms with E-state index in [9.17, 15) is 9.59 Å². The number of hydrogen-bond donors (Lipinski definition) is 0. The number of carbonyl (C=O) groups is 2. The van der Waals surface area contributed by atoms with E-state index in [1.54, 1.807) is 0 Å². The molecule has 0 spiro atoms. The van der Waals surface area contributed by atoms with Gasteiger partial charge in [0.15, 0.2) is 0 Å². The summed E-state index contributed by atoms with van der Waals surface area (Å²) < 4.78 is 0. The molecule has 2 amide bonds. The van der Waals surface area contributed by atoms with Crippen LogP contribution in [0.3, 0.4) is 0 Å². The molecule has 2 aromatic rings. The van der Waals surface area contributed by atoms with Crippen molar-refractivity contribution in [1.82, 2.24) is 9.80 Å². The summed E-state index contributed by atoms with van der Waals surface area (Å²) in [5, 5.41) is 0. The maximum atomic E-state index is 12.7. The van der Waals surface area contributed by atoms with Crippen molar-refractivity contribution in [3.8, 4) is 0 Å². The first-order valence-corrected chi connectivity index (χ1v) is 16.7. The maximum absolute atomic E-state index is 12.7. The molecule has 2 saturated heterocycles. The zero-order valence-electron chi connectivity index (χ0n) is 26.2. The maximum Gasteiger partial charge on any atom is 0.249 e. The molecule has 0 N–H and O–H groups in total. The molecule has 0 radical (unpaired) electrons. The lowest BCUT2D eigenvalue weighted by atomic mass is 9.70. The van der Waals surface area contributed by atoms with Crippen molar-refractivity contribution in [2.45, 2.75) is 110 Å². The molecule has 4 nitrogen and oxygen atoms in total. The number of nitrogens with zero attached hydrogens (tertiary/aromatic N) is 2. The van der Waals surface area contributed by atoms with E-state index in [0.717, 1.165) is 51.0 Å². The van der Waals surface area contributed by atoms with Crippen molar-refractivity contribution in [3.63, 3.8) is 0 Å². The first kappa shape index (κ1) is 30.6. The molecular formula is C38H52N2O2. The van der Waals surface area contributed by atoms with Crippen LogP contribution in [-0.4, -0.2) is 34.7 Å². The van der Waals surface area contributed by atoms with E-state index in [2.05, 4.69) is 61.2 Å². The quantitative estimate of drug-likeness (QED) is 0.313. The van der Waals surface area contributed by atoms with Crippen LogP contribution in [0.4, 0.5) is 0 Å². The van der Waals surface area contributed by atoms with Gasteiger partial charge in [0, 0.05) is 37.7 Å². The molecule has 4 aliphatic rings. The molecule has 2 heterocycles. The van der Waals surface area contributed by atoms with E-state index in [4.69, 9.17) is 0 Å². The molecule has 1 unspecified atom stereocenters. The molecule has 226 valence electrons. The first-order chi connectivity index (χ1) is 20.3. The molecule has 2 saturated carbocycles. The second-order valence-corrected chi connectivity index (χ2v) is 14.2. The van der Waals surface area contributed by atoms with Crippen molar-refractivity contribution in [2.75, 3.05) is 13.1 Å². The van der Waals surface area contributed by atoms with Crippen LogP contribution in [0.1, 0.15) is 108 Å². The van der Waals surface area contributed by atoms with E-state index in [1.165, 1.54) is 75.3 Å². The van der Waals surface area contributed by atoms with E-state index >= 15 is 0 Å². The van der Waals surface area contributed by atoms with E-state index in [1.807, 2.05) is 29.2 Å². The summed E-state index contributed by atoms with van der Waals surface area (Å²) >= 11 is 0. The third-order valence-electron chi connectivity index (χ3n) is 10.4. The van der Waals surface area contributed by atoms with E-state index < -0.39 is 0 Å². The normalized spacial score (nSPS) is 24.5. The zero-order valence-corrected chi connectivity index (χ0v) is 26.2. The van der Waals surface area contributed by atoms with Gasteiger partial charge in [0.25, 0.3) is 0 Å². The monoisotopic (exact) mass is 568 g/mol. The lowest BCUT2D eigenvalue weighted by Gasteiger charge is -2.35. The van der Waals surface area contributed by atoms with Crippen molar-refractivity contribution in [2.24, 2.45) is 16.7 Å². The van der Waals surface area contributed by atoms with Gasteiger partial charge in [0.2, 0.25) is 11.8 Å². The van der Waals surface area contributed by atoms with Gasteiger partial charge in [-0.3, -0.25) is 9.59 Å². The Labute approximate surface area is 254 Å². The number of amides is 2. The van der Waals surface area contributed by atoms with E-state index in [0.29, 0.717) is 11.3 Å². The van der Waals surface area contributed by atoms with Crippen LogP contribution in [0, 0.1) is 16.7 Å². The van der Waals surface area contributed by atoms with Gasteiger partial charge < -0.3 is 9.80 Å². The fourth-order valence-corrected chi connectivity index (χ4v) is 7.84. The highest BCUT2D eigenvalue weighted by Gasteiger charge is 2.38. The van der Waals surface area contributed by atoms with Crippen LogP contribution in [0.15, 0.2) is 72.3 Å². The Morgan fingerprint density at radius 2 is 1.26 bits per heavy atom. The molecule has 2 aliphatic carbocycles. The number of rotatable bonds is 7. The number of hydrogen-bond acceptors (Lipinski definition) is 2. The van der Waals surface area contributed by atoms with Crippen LogP contribution < -0.4 is 0 Å². The summed E-state index contributed by atoms with van der Waals surface area (Å²) in [5.41, 5.74) is 4.19. The van der Waals surface area contributed by atoms with Gasteiger partial charge in [-0.25, -0.2) is 0 Å². The average molecular weight is 569 g/mol. The standard InChI is InChI=1S/C19H27NO.C19H25NO/c2*1-19(11-6-3-7-12-19)14-17-10-13-20(18(17)21)15-16-8-4-2-5-9-16/h2,4-5,8-9,17H,3,6-7,10-15H2,1H3;2,4-5,8-9,14H,3,6-7,10-13,15H2,1H3. The molecule has 2 aliphatic heterocycles. The topological polar surface area (TPSA) is 40.6 Å². The van der Waals surface area contributed by atoms with Crippen molar-refractivity contribution in [1.29, 1.82) is 0 Å². The highest BCUT2D eigenvalue weighted by atomic mass is 16.2. The van der Waals surface area contributed by atoms with Gasteiger partial charge >= 0.3 is 0 Å². The Kier molecular flexibility index (Phi) is 10.2. The Morgan fingerprint density at radius 1 is 0.714 bits per heavy atom. The van der Waals surface area contributed by atoms with Crippen molar-refractivity contribution < 1.29 is 9.59 Å².